The third-order valence-corrected chi connectivity index (χ3v) is 16.4. The number of nitrogens with zero attached hydrogens (tertiary/aromatic N) is 2. The number of likely N-dealkylation sites (tertiary alicyclic amines) is 2. The van der Waals surface area contributed by atoms with E-state index in [-0.39, 0.29) is 13.0 Å². The minimum atomic E-state index is -1.23. The Labute approximate surface area is 457 Å². The number of piperidine rings is 2. The summed E-state index contributed by atoms with van der Waals surface area (Å²) in [5, 5.41) is 6.42. The molecule has 0 aliphatic carbocycles. The summed E-state index contributed by atoms with van der Waals surface area (Å²) in [5.41, 5.74) is 6.96. The van der Waals surface area contributed by atoms with Gasteiger partial charge in [0.15, 0.2) is 12.7 Å². The van der Waals surface area contributed by atoms with Crippen LogP contribution in [0.5, 0.6) is 0 Å². The summed E-state index contributed by atoms with van der Waals surface area (Å²) in [5.74, 6) is 0.277. The van der Waals surface area contributed by atoms with E-state index in [2.05, 4.69) is 154 Å². The van der Waals surface area contributed by atoms with Crippen molar-refractivity contribution in [2.75, 3.05) is 59.0 Å². The van der Waals surface area contributed by atoms with E-state index in [9.17, 15) is 14.4 Å². The Balaban J connectivity index is 0.847. The number of carbonyl (C=O) groups is 3. The first-order valence-electron chi connectivity index (χ1n) is 28.1. The molecule has 2 fully saturated rings. The predicted molar refractivity (Wildman–Crippen MR) is 308 cm³/mol. The van der Waals surface area contributed by atoms with Gasteiger partial charge in [-0.05, 0) is 141 Å². The zero-order valence-electron chi connectivity index (χ0n) is 44.6. The molecule has 2 N–H and O–H groups in total. The maximum atomic E-state index is 14.6. The molecular formula is C68H76N4O5. The second-order valence-corrected chi connectivity index (χ2v) is 21.2. The number of hydrogen-bond acceptors (Lipinski definition) is 7. The molecule has 77 heavy (non-hydrogen) atoms. The predicted octanol–water partition coefficient (Wildman–Crippen LogP) is 12.3. The summed E-state index contributed by atoms with van der Waals surface area (Å²) < 4.78 is 11.5. The molecule has 0 bridgehead atoms. The number of carbonyl (C=O) groups excluding carboxylic acids is 3. The molecule has 7 aromatic carbocycles. The standard InChI is InChI=1S/C68H76N4O5/c73-64(69-52-67(59-30-14-4-15-31-59,60-32-16-5-17-33-60)42-22-44-71-46-38-57(39-47-71)55-26-10-2-11-27-55)51-76-66(75)77-63(50-54-24-8-1-9-25-54)65(74)70-53-68(61-34-18-6-19-35-61,62-36-20-7-21-37-62)43-23-45-72-48-40-58(41-49-72)56-28-12-3-13-29-56/h1-21,24-37,57-58,63H,22-23,38-53H2,(H,69,73)(H,70,74). The minimum Gasteiger partial charge on any atom is -0.424 e. The Hall–Kier alpha value is -7.33. The highest BCUT2D eigenvalue weighted by Crippen LogP contribution is 2.39. The zero-order valence-corrected chi connectivity index (χ0v) is 44.6. The van der Waals surface area contributed by atoms with Crippen molar-refractivity contribution >= 4 is 18.0 Å². The fourth-order valence-corrected chi connectivity index (χ4v) is 12.1. The number of rotatable bonds is 24. The van der Waals surface area contributed by atoms with Crippen LogP contribution >= 0.6 is 0 Å². The molecular weight excluding hydrogens is 953 g/mol. The van der Waals surface area contributed by atoms with E-state index in [1.807, 2.05) is 78.9 Å². The molecule has 0 saturated carbocycles. The molecule has 2 amide bonds. The van der Waals surface area contributed by atoms with Crippen LogP contribution in [0.15, 0.2) is 212 Å². The van der Waals surface area contributed by atoms with Crippen LogP contribution in [-0.4, -0.2) is 92.8 Å². The van der Waals surface area contributed by atoms with Gasteiger partial charge in [0.1, 0.15) is 0 Å². The Morgan fingerprint density at radius 1 is 0.468 bits per heavy atom. The molecule has 1 unspecified atom stereocenters. The molecule has 9 heteroatoms. The van der Waals surface area contributed by atoms with Crippen LogP contribution in [0.3, 0.4) is 0 Å². The molecule has 0 aromatic heterocycles. The SMILES string of the molecule is O=C(COC(=O)OC(Cc1ccccc1)C(=O)NCC(CCCN1CCC(c2ccccc2)CC1)(c1ccccc1)c1ccccc1)NCC(CCCN1CCC(c2ccccc2)CC1)(c1ccccc1)c1ccccc1. The van der Waals surface area contributed by atoms with Gasteiger partial charge in [-0.25, -0.2) is 4.79 Å². The number of hydrogen-bond donors (Lipinski definition) is 2. The van der Waals surface area contributed by atoms with Crippen molar-refractivity contribution in [2.24, 2.45) is 0 Å². The normalized spacial score (nSPS) is 15.3. The molecule has 0 spiro atoms. The largest absolute Gasteiger partial charge is 0.509 e. The van der Waals surface area contributed by atoms with Crippen LogP contribution in [0.4, 0.5) is 4.79 Å². The lowest BCUT2D eigenvalue weighted by Gasteiger charge is -2.37. The van der Waals surface area contributed by atoms with E-state index < -0.39 is 41.5 Å². The number of amides is 2. The van der Waals surface area contributed by atoms with Crippen LogP contribution in [0.25, 0.3) is 0 Å². The van der Waals surface area contributed by atoms with Gasteiger partial charge in [0, 0.05) is 30.3 Å². The number of nitrogens with one attached hydrogen (secondary N) is 2. The maximum absolute atomic E-state index is 14.6. The lowest BCUT2D eigenvalue weighted by atomic mass is 9.71. The van der Waals surface area contributed by atoms with Gasteiger partial charge in [0.05, 0.1) is 0 Å². The second kappa shape index (κ2) is 27.6. The number of benzene rings is 7. The quantitative estimate of drug-likeness (QED) is 0.0582. The van der Waals surface area contributed by atoms with Crippen molar-refractivity contribution in [2.45, 2.75) is 86.6 Å². The Morgan fingerprint density at radius 2 is 0.818 bits per heavy atom. The fraction of sp³-hybridized carbons (Fsp3) is 0.338. The molecule has 9 nitrogen and oxygen atoms in total. The van der Waals surface area contributed by atoms with Crippen LogP contribution in [0, 0.1) is 0 Å². The molecule has 2 aliphatic rings. The molecule has 2 saturated heterocycles. The molecule has 9 rings (SSSR count). The van der Waals surface area contributed by atoms with Crippen molar-refractivity contribution < 1.29 is 23.9 Å². The highest BCUT2D eigenvalue weighted by Gasteiger charge is 2.38. The Bertz CT molecular complexity index is 2760. The van der Waals surface area contributed by atoms with Crippen molar-refractivity contribution in [3.63, 3.8) is 0 Å². The van der Waals surface area contributed by atoms with Crippen molar-refractivity contribution in [1.82, 2.24) is 20.4 Å². The van der Waals surface area contributed by atoms with Gasteiger partial charge in [0.2, 0.25) is 0 Å². The van der Waals surface area contributed by atoms with Crippen molar-refractivity contribution in [3.8, 4) is 0 Å². The summed E-state index contributed by atoms with van der Waals surface area (Å²) >= 11 is 0. The van der Waals surface area contributed by atoms with Crippen molar-refractivity contribution in [1.29, 1.82) is 0 Å². The van der Waals surface area contributed by atoms with E-state index in [1.165, 1.54) is 11.1 Å². The van der Waals surface area contributed by atoms with E-state index in [0.717, 1.165) is 118 Å². The molecule has 1 atom stereocenters. The van der Waals surface area contributed by atoms with Crippen LogP contribution in [0.2, 0.25) is 0 Å². The first kappa shape index (κ1) is 54.5. The smallest absolute Gasteiger partial charge is 0.424 e. The summed E-state index contributed by atoms with van der Waals surface area (Å²) in [6.45, 7) is 6.12. The van der Waals surface area contributed by atoms with Crippen molar-refractivity contribution in [3.05, 3.63) is 251 Å². The van der Waals surface area contributed by atoms with E-state index in [1.54, 1.807) is 0 Å². The Morgan fingerprint density at radius 3 is 1.21 bits per heavy atom. The fourth-order valence-electron chi connectivity index (χ4n) is 12.1. The lowest BCUT2D eigenvalue weighted by molar-refractivity contribution is -0.132. The van der Waals surface area contributed by atoms with Gasteiger partial charge >= 0.3 is 6.16 Å². The number of ether oxygens (including phenoxy) is 2. The first-order valence-corrected chi connectivity index (χ1v) is 28.1. The third kappa shape index (κ3) is 14.8. The van der Waals surface area contributed by atoms with Crippen LogP contribution in [-0.2, 0) is 36.3 Å². The van der Waals surface area contributed by atoms with Gasteiger partial charge in [0.25, 0.3) is 11.8 Å². The third-order valence-electron chi connectivity index (χ3n) is 16.4. The highest BCUT2D eigenvalue weighted by atomic mass is 16.7. The summed E-state index contributed by atoms with van der Waals surface area (Å²) in [7, 11) is 0. The van der Waals surface area contributed by atoms with Gasteiger partial charge in [-0.2, -0.15) is 0 Å². The second-order valence-electron chi connectivity index (χ2n) is 21.2. The van der Waals surface area contributed by atoms with E-state index in [0.29, 0.717) is 18.4 Å². The summed E-state index contributed by atoms with van der Waals surface area (Å²) in [6.07, 6.45) is 5.79. The van der Waals surface area contributed by atoms with Gasteiger partial charge < -0.3 is 29.9 Å². The van der Waals surface area contributed by atoms with Gasteiger partial charge in [-0.3, -0.25) is 9.59 Å². The molecule has 2 aliphatic heterocycles. The molecule has 2 heterocycles. The van der Waals surface area contributed by atoms with Crippen LogP contribution in [0.1, 0.15) is 102 Å². The summed E-state index contributed by atoms with van der Waals surface area (Å²) in [6, 6.07) is 72.8. The first-order chi connectivity index (χ1) is 37.9. The average Bonchev–Trinajstić information content (AvgIpc) is 3.51. The molecule has 0 radical (unpaired) electrons. The lowest BCUT2D eigenvalue weighted by Crippen LogP contribution is -2.47. The van der Waals surface area contributed by atoms with Crippen LogP contribution < -0.4 is 10.6 Å². The van der Waals surface area contributed by atoms with E-state index in [4.69, 9.17) is 9.47 Å². The molecule has 7 aromatic rings. The van der Waals surface area contributed by atoms with Gasteiger partial charge in [-0.1, -0.05) is 212 Å². The van der Waals surface area contributed by atoms with Gasteiger partial charge in [-0.15, -0.1) is 0 Å². The highest BCUT2D eigenvalue weighted by molar-refractivity contribution is 5.84. The topological polar surface area (TPSA) is 100 Å². The summed E-state index contributed by atoms with van der Waals surface area (Å²) in [4.78, 5) is 47.3. The Kier molecular flexibility index (Phi) is 19.5. The minimum absolute atomic E-state index is 0.123. The molecule has 398 valence electrons. The average molecular weight is 1030 g/mol. The monoisotopic (exact) mass is 1030 g/mol. The zero-order chi connectivity index (χ0) is 53.0. The van der Waals surface area contributed by atoms with E-state index >= 15 is 0 Å². The maximum Gasteiger partial charge on any atom is 0.509 e.